The van der Waals surface area contributed by atoms with E-state index in [0.717, 1.165) is 35.7 Å². The fourth-order valence-electron chi connectivity index (χ4n) is 4.35. The van der Waals surface area contributed by atoms with Gasteiger partial charge in [0, 0.05) is 43.3 Å². The molecule has 0 unspecified atom stereocenters. The first-order chi connectivity index (χ1) is 17.5. The fourth-order valence-corrected chi connectivity index (χ4v) is 4.35. The van der Waals surface area contributed by atoms with E-state index in [2.05, 4.69) is 15.1 Å². The summed E-state index contributed by atoms with van der Waals surface area (Å²) in [5, 5.41) is 8.77. The first-order valence-corrected chi connectivity index (χ1v) is 12.1. The summed E-state index contributed by atoms with van der Waals surface area (Å²) < 4.78 is 18.4. The Balaban J connectivity index is 1.17. The normalized spacial score (nSPS) is 15.5. The van der Waals surface area contributed by atoms with E-state index in [4.69, 9.17) is 4.74 Å². The second kappa shape index (κ2) is 10.3. The average Bonchev–Trinajstić information content (AvgIpc) is 3.77. The molecule has 0 radical (unpaired) electrons. The summed E-state index contributed by atoms with van der Waals surface area (Å²) in [6.45, 7) is 2.40. The number of anilines is 1. The Morgan fingerprint density at radius 2 is 1.64 bits per heavy atom. The molecule has 0 N–H and O–H groups in total. The number of benzene rings is 2. The first-order valence-electron chi connectivity index (χ1n) is 12.1. The number of piperazine rings is 1. The number of carbonyl (C=O) groups excluding carboxylic acids is 2. The second-order valence-electron chi connectivity index (χ2n) is 9.04. The Labute approximate surface area is 209 Å². The standard InChI is InChI=1S/C27H28FN5O3/c1-36-23-10-4-19(5-11-23)24-12-13-25(30-29-24)31-14-16-32(17-15-31)26(34)18-33(22-8-9-22)27(35)20-2-6-21(28)7-3-20/h2-7,10-13,22H,8-9,14-18H2,1H3. The van der Waals surface area contributed by atoms with Crippen molar-refractivity contribution in [1.29, 1.82) is 0 Å². The Kier molecular flexibility index (Phi) is 6.79. The largest absolute Gasteiger partial charge is 0.497 e. The molecule has 2 aromatic carbocycles. The maximum Gasteiger partial charge on any atom is 0.254 e. The molecule has 0 atom stereocenters. The number of nitrogens with zero attached hydrogens (tertiary/aromatic N) is 5. The quantitative estimate of drug-likeness (QED) is 0.507. The van der Waals surface area contributed by atoms with Crippen molar-refractivity contribution in [1.82, 2.24) is 20.0 Å². The van der Waals surface area contributed by atoms with Crippen LogP contribution in [-0.2, 0) is 4.79 Å². The third-order valence-corrected chi connectivity index (χ3v) is 6.64. The van der Waals surface area contributed by atoms with Crippen molar-refractivity contribution in [3.05, 3.63) is 72.0 Å². The van der Waals surface area contributed by atoms with Crippen LogP contribution in [0, 0.1) is 5.82 Å². The van der Waals surface area contributed by atoms with Crippen molar-refractivity contribution >= 4 is 17.6 Å². The molecule has 36 heavy (non-hydrogen) atoms. The summed E-state index contributed by atoms with van der Waals surface area (Å²) in [5.74, 6) is 0.870. The van der Waals surface area contributed by atoms with Crippen LogP contribution in [0.1, 0.15) is 23.2 Å². The van der Waals surface area contributed by atoms with Gasteiger partial charge in [-0.15, -0.1) is 10.2 Å². The molecule has 2 heterocycles. The molecule has 1 saturated carbocycles. The molecular formula is C27H28FN5O3. The number of hydrogen-bond donors (Lipinski definition) is 0. The Bertz CT molecular complexity index is 1210. The zero-order chi connectivity index (χ0) is 25.1. The van der Waals surface area contributed by atoms with Crippen molar-refractivity contribution in [2.45, 2.75) is 18.9 Å². The molecule has 0 spiro atoms. The van der Waals surface area contributed by atoms with E-state index in [1.807, 2.05) is 36.4 Å². The number of hydrogen-bond acceptors (Lipinski definition) is 6. The van der Waals surface area contributed by atoms with Gasteiger partial charge in [0.25, 0.3) is 5.91 Å². The molecule has 8 nitrogen and oxygen atoms in total. The van der Waals surface area contributed by atoms with Gasteiger partial charge in [-0.25, -0.2) is 4.39 Å². The minimum atomic E-state index is -0.390. The van der Waals surface area contributed by atoms with E-state index >= 15 is 0 Å². The van der Waals surface area contributed by atoms with E-state index in [1.165, 1.54) is 24.3 Å². The summed E-state index contributed by atoms with van der Waals surface area (Å²) in [5.41, 5.74) is 2.14. The molecule has 1 aliphatic heterocycles. The molecule has 2 amide bonds. The molecule has 9 heteroatoms. The van der Waals surface area contributed by atoms with Crippen LogP contribution in [0.2, 0.25) is 0 Å². The van der Waals surface area contributed by atoms with Gasteiger partial charge in [-0.1, -0.05) is 0 Å². The number of amides is 2. The number of aromatic nitrogens is 2. The van der Waals surface area contributed by atoms with Crippen LogP contribution >= 0.6 is 0 Å². The molecule has 2 fully saturated rings. The highest BCUT2D eigenvalue weighted by atomic mass is 19.1. The third kappa shape index (κ3) is 5.30. The lowest BCUT2D eigenvalue weighted by Gasteiger charge is -2.36. The van der Waals surface area contributed by atoms with Gasteiger partial charge in [-0.3, -0.25) is 9.59 Å². The average molecular weight is 490 g/mol. The summed E-state index contributed by atoms with van der Waals surface area (Å²) in [6.07, 6.45) is 1.78. The second-order valence-corrected chi connectivity index (χ2v) is 9.04. The van der Waals surface area contributed by atoms with Gasteiger partial charge in [0.15, 0.2) is 5.82 Å². The van der Waals surface area contributed by atoms with Crippen LogP contribution < -0.4 is 9.64 Å². The maximum atomic E-state index is 13.3. The highest BCUT2D eigenvalue weighted by Gasteiger charge is 2.35. The predicted octanol–water partition coefficient (Wildman–Crippen LogP) is 3.24. The minimum absolute atomic E-state index is 0.0389. The number of rotatable bonds is 7. The Morgan fingerprint density at radius 1 is 0.944 bits per heavy atom. The monoisotopic (exact) mass is 489 g/mol. The van der Waals surface area contributed by atoms with Gasteiger partial charge in [-0.05, 0) is 73.5 Å². The van der Waals surface area contributed by atoms with Crippen LogP contribution in [0.25, 0.3) is 11.3 Å². The summed E-state index contributed by atoms with van der Waals surface area (Å²) in [7, 11) is 1.63. The molecule has 0 bridgehead atoms. The van der Waals surface area contributed by atoms with E-state index in [0.29, 0.717) is 31.7 Å². The molecule has 1 saturated heterocycles. The Morgan fingerprint density at radius 3 is 2.22 bits per heavy atom. The zero-order valence-corrected chi connectivity index (χ0v) is 20.1. The van der Waals surface area contributed by atoms with Crippen LogP contribution in [0.5, 0.6) is 5.75 Å². The summed E-state index contributed by atoms with van der Waals surface area (Å²) in [4.78, 5) is 31.5. The van der Waals surface area contributed by atoms with Gasteiger partial charge >= 0.3 is 0 Å². The lowest BCUT2D eigenvalue weighted by atomic mass is 10.1. The van der Waals surface area contributed by atoms with Crippen LogP contribution in [0.4, 0.5) is 10.2 Å². The van der Waals surface area contributed by atoms with Crippen molar-refractivity contribution < 1.29 is 18.7 Å². The molecule has 1 aromatic heterocycles. The van der Waals surface area contributed by atoms with Crippen molar-refractivity contribution in [3.63, 3.8) is 0 Å². The number of methoxy groups -OCH3 is 1. The number of ether oxygens (including phenoxy) is 1. The minimum Gasteiger partial charge on any atom is -0.497 e. The molecule has 1 aliphatic carbocycles. The SMILES string of the molecule is COc1ccc(-c2ccc(N3CCN(C(=O)CN(C(=O)c4ccc(F)cc4)C4CC4)CC3)nn2)cc1. The van der Waals surface area contributed by atoms with Gasteiger partial charge in [0.05, 0.1) is 12.8 Å². The van der Waals surface area contributed by atoms with Crippen molar-refractivity contribution in [3.8, 4) is 17.0 Å². The topological polar surface area (TPSA) is 78.9 Å². The third-order valence-electron chi connectivity index (χ3n) is 6.64. The van der Waals surface area contributed by atoms with Crippen LogP contribution in [0.15, 0.2) is 60.7 Å². The maximum absolute atomic E-state index is 13.3. The van der Waals surface area contributed by atoms with Crippen LogP contribution in [0.3, 0.4) is 0 Å². The Hall–Kier alpha value is -4.01. The lowest BCUT2D eigenvalue weighted by molar-refractivity contribution is -0.132. The van der Waals surface area contributed by atoms with Gasteiger partial charge < -0.3 is 19.4 Å². The highest BCUT2D eigenvalue weighted by Crippen LogP contribution is 2.28. The summed E-state index contributed by atoms with van der Waals surface area (Å²) >= 11 is 0. The molecule has 2 aliphatic rings. The number of halogens is 1. The molecule has 5 rings (SSSR count). The lowest BCUT2D eigenvalue weighted by Crippen LogP contribution is -2.52. The van der Waals surface area contributed by atoms with E-state index in [-0.39, 0.29) is 24.4 Å². The zero-order valence-electron chi connectivity index (χ0n) is 20.1. The first kappa shape index (κ1) is 23.7. The number of carbonyl (C=O) groups is 2. The highest BCUT2D eigenvalue weighted by molar-refractivity contribution is 5.97. The van der Waals surface area contributed by atoms with Crippen molar-refractivity contribution in [2.24, 2.45) is 0 Å². The van der Waals surface area contributed by atoms with E-state index in [9.17, 15) is 14.0 Å². The predicted molar refractivity (Wildman–Crippen MR) is 133 cm³/mol. The van der Waals surface area contributed by atoms with Crippen molar-refractivity contribution in [2.75, 3.05) is 44.7 Å². The van der Waals surface area contributed by atoms with Gasteiger partial charge in [-0.2, -0.15) is 0 Å². The van der Waals surface area contributed by atoms with E-state index in [1.54, 1.807) is 16.9 Å². The molecule has 3 aromatic rings. The smallest absolute Gasteiger partial charge is 0.254 e. The fraction of sp³-hybridized carbons (Fsp3) is 0.333. The summed E-state index contributed by atoms with van der Waals surface area (Å²) in [6, 6.07) is 17.1. The van der Waals surface area contributed by atoms with Gasteiger partial charge in [0.1, 0.15) is 18.1 Å². The molecule has 186 valence electrons. The van der Waals surface area contributed by atoms with E-state index < -0.39 is 5.82 Å². The molecular weight excluding hydrogens is 461 g/mol. The van der Waals surface area contributed by atoms with Gasteiger partial charge in [0.2, 0.25) is 5.91 Å². The van der Waals surface area contributed by atoms with Crippen LogP contribution in [-0.4, -0.2) is 77.7 Å².